The predicted molar refractivity (Wildman–Crippen MR) is 88.2 cm³/mol. The Hall–Kier alpha value is -1.36. The fraction of sp³-hybridized carbons (Fsp3) is 0.412. The Kier molecular flexibility index (Phi) is 4.91. The van der Waals surface area contributed by atoms with Gasteiger partial charge in [0.15, 0.2) is 0 Å². The van der Waals surface area contributed by atoms with Crippen LogP contribution in [0.1, 0.15) is 22.9 Å². The smallest absolute Gasteiger partial charge is 0.124 e. The first-order valence-corrected chi connectivity index (χ1v) is 8.39. The van der Waals surface area contributed by atoms with Crippen molar-refractivity contribution in [3.05, 3.63) is 52.2 Å². The first-order chi connectivity index (χ1) is 10.4. The fourth-order valence-corrected chi connectivity index (χ4v) is 3.87. The Balaban J connectivity index is 1.99. The van der Waals surface area contributed by atoms with Gasteiger partial charge in [0.2, 0.25) is 0 Å². The molecule has 1 aliphatic rings. The molecule has 2 heterocycles. The molecular formula is C17H22N2OS. The van der Waals surface area contributed by atoms with E-state index in [1.54, 1.807) is 7.11 Å². The molecule has 21 heavy (non-hydrogen) atoms. The molecule has 1 fully saturated rings. The average molecular weight is 302 g/mol. The van der Waals surface area contributed by atoms with Crippen LogP contribution in [0, 0.1) is 0 Å². The molecule has 1 N–H and O–H groups in total. The van der Waals surface area contributed by atoms with Crippen molar-refractivity contribution in [2.45, 2.75) is 12.5 Å². The minimum absolute atomic E-state index is 0.293. The lowest BCUT2D eigenvalue weighted by molar-refractivity contribution is 0.239. The summed E-state index contributed by atoms with van der Waals surface area (Å²) in [5, 5.41) is 5.65. The second-order valence-electron chi connectivity index (χ2n) is 5.30. The standard InChI is InChI=1S/C17H22N2OS/c1-20-15-7-3-2-6-14(15)17(16-8-4-13-21-16)19-11-5-9-18-10-12-19/h2-4,6-8,13,17-18H,5,9-12H2,1H3. The van der Waals surface area contributed by atoms with Gasteiger partial charge in [0.25, 0.3) is 0 Å². The summed E-state index contributed by atoms with van der Waals surface area (Å²) < 4.78 is 5.61. The van der Waals surface area contributed by atoms with Crippen molar-refractivity contribution in [1.29, 1.82) is 0 Å². The van der Waals surface area contributed by atoms with Crippen LogP contribution in [0.2, 0.25) is 0 Å². The molecule has 1 atom stereocenters. The van der Waals surface area contributed by atoms with E-state index >= 15 is 0 Å². The second-order valence-corrected chi connectivity index (χ2v) is 6.28. The number of nitrogens with zero attached hydrogens (tertiary/aromatic N) is 1. The molecule has 0 spiro atoms. The van der Waals surface area contributed by atoms with Crippen molar-refractivity contribution in [1.82, 2.24) is 10.2 Å². The number of rotatable bonds is 4. The van der Waals surface area contributed by atoms with Crippen LogP contribution in [0.25, 0.3) is 0 Å². The van der Waals surface area contributed by atoms with E-state index in [4.69, 9.17) is 4.74 Å². The maximum absolute atomic E-state index is 5.61. The van der Waals surface area contributed by atoms with E-state index < -0.39 is 0 Å². The molecule has 3 nitrogen and oxygen atoms in total. The highest BCUT2D eigenvalue weighted by Crippen LogP contribution is 2.36. The normalized spacial score (nSPS) is 18.1. The fourth-order valence-electron chi connectivity index (χ4n) is 2.99. The lowest BCUT2D eigenvalue weighted by Gasteiger charge is -2.31. The van der Waals surface area contributed by atoms with Crippen molar-refractivity contribution >= 4 is 11.3 Å². The summed E-state index contributed by atoms with van der Waals surface area (Å²) in [5.74, 6) is 0.980. The molecule has 2 aromatic rings. The van der Waals surface area contributed by atoms with Gasteiger partial charge >= 0.3 is 0 Å². The number of nitrogens with one attached hydrogen (secondary N) is 1. The second kappa shape index (κ2) is 7.07. The SMILES string of the molecule is COc1ccccc1C(c1cccs1)N1CCCNCC1. The third-order valence-electron chi connectivity index (χ3n) is 3.99. The minimum Gasteiger partial charge on any atom is -0.496 e. The summed E-state index contributed by atoms with van der Waals surface area (Å²) in [6.07, 6.45) is 1.19. The molecule has 1 aromatic heterocycles. The van der Waals surface area contributed by atoms with E-state index in [1.807, 2.05) is 17.4 Å². The summed E-state index contributed by atoms with van der Waals surface area (Å²) in [5.41, 5.74) is 1.27. The van der Waals surface area contributed by atoms with Crippen LogP contribution in [0.4, 0.5) is 0 Å². The van der Waals surface area contributed by atoms with Crippen molar-refractivity contribution < 1.29 is 4.74 Å². The lowest BCUT2D eigenvalue weighted by Crippen LogP contribution is -2.32. The Morgan fingerprint density at radius 1 is 1.14 bits per heavy atom. The number of para-hydroxylation sites is 1. The zero-order valence-electron chi connectivity index (χ0n) is 12.4. The van der Waals surface area contributed by atoms with Gasteiger partial charge in [-0.05, 0) is 30.5 Å². The van der Waals surface area contributed by atoms with E-state index in [0.29, 0.717) is 6.04 Å². The molecule has 0 radical (unpaired) electrons. The molecule has 0 saturated carbocycles. The van der Waals surface area contributed by atoms with Crippen molar-refractivity contribution in [3.63, 3.8) is 0 Å². The summed E-state index contributed by atoms with van der Waals surface area (Å²) in [6.45, 7) is 4.35. The predicted octanol–water partition coefficient (Wildman–Crippen LogP) is 3.14. The quantitative estimate of drug-likeness (QED) is 0.939. The number of benzene rings is 1. The highest BCUT2D eigenvalue weighted by atomic mass is 32.1. The topological polar surface area (TPSA) is 24.5 Å². The van der Waals surface area contributed by atoms with Gasteiger partial charge in [-0.25, -0.2) is 0 Å². The largest absolute Gasteiger partial charge is 0.496 e. The first kappa shape index (κ1) is 14.6. The van der Waals surface area contributed by atoms with Gasteiger partial charge in [-0.15, -0.1) is 11.3 Å². The molecule has 0 aliphatic carbocycles. The molecule has 1 saturated heterocycles. The molecule has 0 amide bonds. The number of methoxy groups -OCH3 is 1. The number of hydrogen-bond donors (Lipinski definition) is 1. The molecular weight excluding hydrogens is 280 g/mol. The molecule has 4 heteroatoms. The molecule has 112 valence electrons. The van der Waals surface area contributed by atoms with Gasteiger partial charge in [-0.3, -0.25) is 4.90 Å². The maximum Gasteiger partial charge on any atom is 0.124 e. The molecule has 1 aliphatic heterocycles. The van der Waals surface area contributed by atoms with Crippen LogP contribution >= 0.6 is 11.3 Å². The Labute approximate surface area is 130 Å². The van der Waals surface area contributed by atoms with E-state index in [1.165, 1.54) is 16.9 Å². The lowest BCUT2D eigenvalue weighted by atomic mass is 10.0. The summed E-state index contributed by atoms with van der Waals surface area (Å²) in [4.78, 5) is 3.96. The van der Waals surface area contributed by atoms with Crippen molar-refractivity contribution in [2.24, 2.45) is 0 Å². The van der Waals surface area contributed by atoms with E-state index in [0.717, 1.165) is 31.9 Å². The average Bonchev–Trinajstić information content (AvgIpc) is 2.91. The first-order valence-electron chi connectivity index (χ1n) is 7.51. The van der Waals surface area contributed by atoms with Crippen LogP contribution in [0.5, 0.6) is 5.75 Å². The zero-order chi connectivity index (χ0) is 14.5. The van der Waals surface area contributed by atoms with Crippen molar-refractivity contribution in [2.75, 3.05) is 33.3 Å². The molecule has 0 bridgehead atoms. The Bertz CT molecular complexity index is 548. The monoisotopic (exact) mass is 302 g/mol. The third-order valence-corrected chi connectivity index (χ3v) is 4.91. The van der Waals surface area contributed by atoms with Crippen LogP contribution in [-0.4, -0.2) is 38.2 Å². The molecule has 1 aromatic carbocycles. The number of hydrogen-bond acceptors (Lipinski definition) is 4. The van der Waals surface area contributed by atoms with Gasteiger partial charge in [-0.2, -0.15) is 0 Å². The highest BCUT2D eigenvalue weighted by Gasteiger charge is 2.26. The Morgan fingerprint density at radius 2 is 2.05 bits per heavy atom. The summed E-state index contributed by atoms with van der Waals surface area (Å²) in [7, 11) is 1.76. The van der Waals surface area contributed by atoms with Gasteiger partial charge < -0.3 is 10.1 Å². The van der Waals surface area contributed by atoms with Crippen LogP contribution in [-0.2, 0) is 0 Å². The summed E-state index contributed by atoms with van der Waals surface area (Å²) in [6, 6.07) is 13.1. The zero-order valence-corrected chi connectivity index (χ0v) is 13.2. The Morgan fingerprint density at radius 3 is 2.86 bits per heavy atom. The van der Waals surface area contributed by atoms with E-state index in [9.17, 15) is 0 Å². The van der Waals surface area contributed by atoms with Gasteiger partial charge in [0.1, 0.15) is 5.75 Å². The van der Waals surface area contributed by atoms with Crippen LogP contribution in [0.3, 0.4) is 0 Å². The third kappa shape index (κ3) is 3.28. The van der Waals surface area contributed by atoms with E-state index in [2.05, 4.69) is 45.9 Å². The van der Waals surface area contributed by atoms with E-state index in [-0.39, 0.29) is 0 Å². The van der Waals surface area contributed by atoms with Crippen molar-refractivity contribution in [3.8, 4) is 5.75 Å². The van der Waals surface area contributed by atoms with Crippen LogP contribution in [0.15, 0.2) is 41.8 Å². The van der Waals surface area contributed by atoms with Gasteiger partial charge in [0, 0.05) is 30.1 Å². The maximum atomic E-state index is 5.61. The molecule has 3 rings (SSSR count). The summed E-state index contributed by atoms with van der Waals surface area (Å²) >= 11 is 1.83. The number of thiophene rings is 1. The van der Waals surface area contributed by atoms with Gasteiger partial charge in [0.05, 0.1) is 13.2 Å². The minimum atomic E-state index is 0.293. The van der Waals surface area contributed by atoms with Gasteiger partial charge in [-0.1, -0.05) is 24.3 Å². The molecule has 1 unspecified atom stereocenters. The number of ether oxygens (including phenoxy) is 1. The highest BCUT2D eigenvalue weighted by molar-refractivity contribution is 7.10. The van der Waals surface area contributed by atoms with Crippen LogP contribution < -0.4 is 10.1 Å².